The molecule has 3 heterocycles. The smallest absolute Gasteiger partial charge is 0.205 e. The Morgan fingerprint density at radius 3 is 3.04 bits per heavy atom. The quantitative estimate of drug-likeness (QED) is 0.366. The van der Waals surface area contributed by atoms with Crippen LogP contribution in [0.1, 0.15) is 5.89 Å². The highest BCUT2D eigenvalue weighted by Crippen LogP contribution is 2.31. The van der Waals surface area contributed by atoms with E-state index in [1.807, 2.05) is 35.7 Å². The summed E-state index contributed by atoms with van der Waals surface area (Å²) in [6.07, 6.45) is 3.31. The van der Waals surface area contributed by atoms with E-state index in [0.29, 0.717) is 22.4 Å². The van der Waals surface area contributed by atoms with Crippen LogP contribution in [0.15, 0.2) is 57.7 Å². The van der Waals surface area contributed by atoms with Crippen LogP contribution < -0.4 is 0 Å². The van der Waals surface area contributed by atoms with Gasteiger partial charge in [0.15, 0.2) is 5.76 Å². The minimum absolute atomic E-state index is 0.616. The molecule has 4 nitrogen and oxygen atoms in total. The average Bonchev–Trinajstić information content (AvgIpc) is 3.22. The van der Waals surface area contributed by atoms with Gasteiger partial charge in [-0.2, -0.15) is 0 Å². The number of thioether (sulfide) groups is 1. The van der Waals surface area contributed by atoms with Gasteiger partial charge in [-0.25, -0.2) is 15.0 Å². The van der Waals surface area contributed by atoms with Crippen molar-refractivity contribution < 1.29 is 4.42 Å². The van der Waals surface area contributed by atoms with Crippen molar-refractivity contribution in [1.82, 2.24) is 15.0 Å². The molecule has 0 bridgehead atoms. The Kier molecular flexibility index (Phi) is 4.03. The number of nitrogens with zero attached hydrogens (tertiary/aromatic N) is 3. The molecule has 0 unspecified atom stereocenters. The van der Waals surface area contributed by atoms with Crippen LogP contribution in [0, 0.1) is 0 Å². The van der Waals surface area contributed by atoms with Crippen LogP contribution in [0.4, 0.5) is 0 Å². The normalized spacial score (nSPS) is 11.2. The number of oxazole rings is 1. The lowest BCUT2D eigenvalue weighted by molar-refractivity contribution is 0.530. The van der Waals surface area contributed by atoms with Crippen LogP contribution in [0.2, 0.25) is 5.02 Å². The number of rotatable bonds is 4. The maximum Gasteiger partial charge on any atom is 0.205 e. The number of halogens is 1. The highest BCUT2D eigenvalue weighted by atomic mass is 35.5. The van der Waals surface area contributed by atoms with E-state index >= 15 is 0 Å². The third kappa shape index (κ3) is 3.10. The van der Waals surface area contributed by atoms with Crippen LogP contribution in [0.25, 0.3) is 21.5 Å². The molecule has 0 saturated carbocycles. The maximum absolute atomic E-state index is 6.01. The lowest BCUT2D eigenvalue weighted by Crippen LogP contribution is -1.85. The van der Waals surface area contributed by atoms with Crippen molar-refractivity contribution in [2.75, 3.05) is 0 Å². The van der Waals surface area contributed by atoms with Gasteiger partial charge in [-0.15, -0.1) is 11.3 Å². The van der Waals surface area contributed by atoms with Gasteiger partial charge >= 0.3 is 0 Å². The fourth-order valence-corrected chi connectivity index (χ4v) is 4.14. The van der Waals surface area contributed by atoms with Crippen molar-refractivity contribution in [3.8, 4) is 11.3 Å². The zero-order valence-corrected chi connectivity index (χ0v) is 14.2. The minimum atomic E-state index is 0.616. The van der Waals surface area contributed by atoms with Gasteiger partial charge in [-0.1, -0.05) is 35.5 Å². The van der Waals surface area contributed by atoms with Gasteiger partial charge in [-0.3, -0.25) is 0 Å². The van der Waals surface area contributed by atoms with Crippen molar-refractivity contribution in [2.24, 2.45) is 0 Å². The molecular formula is C16H10ClN3OS2. The third-order valence-corrected chi connectivity index (χ3v) is 5.45. The van der Waals surface area contributed by atoms with E-state index in [4.69, 9.17) is 16.0 Å². The van der Waals surface area contributed by atoms with Gasteiger partial charge in [0.05, 0.1) is 22.2 Å². The summed E-state index contributed by atoms with van der Waals surface area (Å²) < 4.78 is 6.91. The predicted molar refractivity (Wildman–Crippen MR) is 93.9 cm³/mol. The fourth-order valence-electron chi connectivity index (χ4n) is 2.15. The van der Waals surface area contributed by atoms with Gasteiger partial charge < -0.3 is 4.42 Å². The fraction of sp³-hybridized carbons (Fsp3) is 0.0625. The molecular weight excluding hydrogens is 350 g/mol. The molecule has 0 atom stereocenters. The summed E-state index contributed by atoms with van der Waals surface area (Å²) in [6, 6.07) is 9.53. The molecule has 7 heteroatoms. The summed E-state index contributed by atoms with van der Waals surface area (Å²) >= 11 is 9.25. The van der Waals surface area contributed by atoms with E-state index in [-0.39, 0.29) is 0 Å². The summed E-state index contributed by atoms with van der Waals surface area (Å²) in [7, 11) is 0. The number of thiophene rings is 1. The Morgan fingerprint density at radius 1 is 1.17 bits per heavy atom. The number of fused-ring (bicyclic) bond motifs is 1. The number of benzene rings is 1. The lowest BCUT2D eigenvalue weighted by atomic mass is 10.2. The zero-order valence-electron chi connectivity index (χ0n) is 11.8. The number of hydrogen-bond donors (Lipinski definition) is 0. The van der Waals surface area contributed by atoms with Gasteiger partial charge in [0, 0.05) is 10.6 Å². The van der Waals surface area contributed by atoms with Gasteiger partial charge in [-0.05, 0) is 23.6 Å². The molecule has 0 aliphatic heterocycles. The SMILES string of the molecule is Clc1cccc(-c2cnc(CSc3ncnc4ccsc34)o2)c1. The molecule has 1 aromatic carbocycles. The monoisotopic (exact) mass is 359 g/mol. The molecule has 0 saturated heterocycles. The Morgan fingerprint density at radius 2 is 2.13 bits per heavy atom. The summed E-state index contributed by atoms with van der Waals surface area (Å²) in [5.74, 6) is 1.99. The molecule has 23 heavy (non-hydrogen) atoms. The van der Waals surface area contributed by atoms with E-state index in [0.717, 1.165) is 20.8 Å². The molecule has 0 N–H and O–H groups in total. The molecule has 0 aliphatic rings. The van der Waals surface area contributed by atoms with Crippen LogP contribution in [-0.4, -0.2) is 15.0 Å². The van der Waals surface area contributed by atoms with E-state index < -0.39 is 0 Å². The van der Waals surface area contributed by atoms with Crippen LogP contribution in [0.5, 0.6) is 0 Å². The average molecular weight is 360 g/mol. The lowest BCUT2D eigenvalue weighted by Gasteiger charge is -1.99. The zero-order chi connectivity index (χ0) is 15.6. The van der Waals surface area contributed by atoms with Gasteiger partial charge in [0.2, 0.25) is 5.89 Å². The molecule has 0 spiro atoms. The summed E-state index contributed by atoms with van der Waals surface area (Å²) in [6.45, 7) is 0. The summed E-state index contributed by atoms with van der Waals surface area (Å²) in [5, 5.41) is 3.65. The second kappa shape index (κ2) is 6.31. The number of aromatic nitrogens is 3. The molecule has 3 aromatic heterocycles. The van der Waals surface area contributed by atoms with Gasteiger partial charge in [0.25, 0.3) is 0 Å². The first-order valence-corrected chi connectivity index (χ1v) is 9.05. The molecule has 4 aromatic rings. The molecule has 0 radical (unpaired) electrons. The van der Waals surface area contributed by atoms with E-state index in [2.05, 4.69) is 15.0 Å². The Labute approximate surface area is 145 Å². The Hall–Kier alpha value is -1.89. The van der Waals surface area contributed by atoms with Crippen molar-refractivity contribution in [3.05, 3.63) is 59.1 Å². The van der Waals surface area contributed by atoms with Crippen molar-refractivity contribution >= 4 is 44.9 Å². The summed E-state index contributed by atoms with van der Waals surface area (Å²) in [5.41, 5.74) is 1.89. The predicted octanol–water partition coefficient (Wildman–Crippen LogP) is 5.29. The first-order valence-electron chi connectivity index (χ1n) is 6.81. The highest BCUT2D eigenvalue weighted by molar-refractivity contribution is 7.98. The highest BCUT2D eigenvalue weighted by Gasteiger charge is 2.10. The van der Waals surface area contributed by atoms with Crippen LogP contribution >= 0.6 is 34.7 Å². The third-order valence-electron chi connectivity index (χ3n) is 3.21. The van der Waals surface area contributed by atoms with Crippen LogP contribution in [0.3, 0.4) is 0 Å². The molecule has 0 fully saturated rings. The molecule has 0 amide bonds. The van der Waals surface area contributed by atoms with Gasteiger partial charge in [0.1, 0.15) is 11.4 Å². The second-order valence-corrected chi connectivity index (χ2v) is 7.05. The van der Waals surface area contributed by atoms with E-state index in [1.165, 1.54) is 0 Å². The second-order valence-electron chi connectivity index (χ2n) is 4.73. The molecule has 114 valence electrons. The Balaban J connectivity index is 1.53. The molecule has 4 rings (SSSR count). The maximum atomic E-state index is 6.01. The standard InChI is InChI=1S/C16H10ClN3OS2/c17-11-3-1-2-10(6-11)13-7-18-14(21-13)8-23-16-15-12(4-5-22-15)19-9-20-16/h1-7,9H,8H2. The van der Waals surface area contributed by atoms with Crippen molar-refractivity contribution in [3.63, 3.8) is 0 Å². The summed E-state index contributed by atoms with van der Waals surface area (Å²) in [4.78, 5) is 12.9. The largest absolute Gasteiger partial charge is 0.440 e. The topological polar surface area (TPSA) is 51.8 Å². The Bertz CT molecular complexity index is 967. The van der Waals surface area contributed by atoms with Crippen molar-refractivity contribution in [2.45, 2.75) is 10.8 Å². The van der Waals surface area contributed by atoms with Crippen molar-refractivity contribution in [1.29, 1.82) is 0 Å². The van der Waals surface area contributed by atoms with E-state index in [9.17, 15) is 0 Å². The minimum Gasteiger partial charge on any atom is -0.440 e. The van der Waals surface area contributed by atoms with E-state index in [1.54, 1.807) is 35.6 Å². The number of hydrogen-bond acceptors (Lipinski definition) is 6. The molecule has 0 aliphatic carbocycles. The first kappa shape index (κ1) is 14.7. The first-order chi connectivity index (χ1) is 11.3. The van der Waals surface area contributed by atoms with Crippen LogP contribution in [-0.2, 0) is 5.75 Å².